The molecule has 2 N–H and O–H groups in total. The number of nitrogens with zero attached hydrogens (tertiary/aromatic N) is 1. The van der Waals surface area contributed by atoms with Crippen LogP contribution in [0.25, 0.3) is 0 Å². The van der Waals surface area contributed by atoms with Crippen LogP contribution in [0.15, 0.2) is 42.6 Å². The van der Waals surface area contributed by atoms with E-state index in [0.29, 0.717) is 0 Å². The summed E-state index contributed by atoms with van der Waals surface area (Å²) < 4.78 is 4.53. The fourth-order valence-corrected chi connectivity index (χ4v) is 1.57. The Hall–Kier alpha value is -2.89. The molecule has 0 unspecified atom stereocenters. The molecule has 0 aliphatic heterocycles. The number of hydrogen-bond donors (Lipinski definition) is 2. The third-order valence-corrected chi connectivity index (χ3v) is 2.56. The number of nitrogens with one attached hydrogen (secondary N) is 1. The zero-order valence-corrected chi connectivity index (χ0v) is 10.7. The Bertz CT molecular complexity index is 641. The number of anilines is 1. The SMILES string of the molecule is COC(=O)c1ccc(NC(=O)c2ccccn2)c(O)c1. The number of pyridine rings is 1. The first kappa shape index (κ1) is 13.5. The molecule has 2 aromatic rings. The third-order valence-electron chi connectivity index (χ3n) is 2.56. The van der Waals surface area contributed by atoms with Crippen LogP contribution in [0.4, 0.5) is 5.69 Å². The molecule has 0 fully saturated rings. The molecule has 6 nitrogen and oxygen atoms in total. The molecular formula is C14H12N2O4. The van der Waals surface area contributed by atoms with Crippen LogP contribution in [0.1, 0.15) is 20.8 Å². The zero-order valence-electron chi connectivity index (χ0n) is 10.7. The maximum Gasteiger partial charge on any atom is 0.337 e. The summed E-state index contributed by atoms with van der Waals surface area (Å²) >= 11 is 0. The minimum Gasteiger partial charge on any atom is -0.506 e. The predicted octanol–water partition coefficient (Wildman–Crippen LogP) is 1.83. The second-order valence-corrected chi connectivity index (χ2v) is 3.89. The molecule has 2 rings (SSSR count). The van der Waals surface area contributed by atoms with E-state index >= 15 is 0 Å². The fourth-order valence-electron chi connectivity index (χ4n) is 1.57. The van der Waals surface area contributed by atoms with Crippen LogP contribution in [0, 0.1) is 0 Å². The highest BCUT2D eigenvalue weighted by Gasteiger charge is 2.12. The molecule has 0 aliphatic rings. The van der Waals surface area contributed by atoms with Gasteiger partial charge in [0.05, 0.1) is 18.4 Å². The van der Waals surface area contributed by atoms with Gasteiger partial charge in [-0.2, -0.15) is 0 Å². The molecule has 0 atom stereocenters. The van der Waals surface area contributed by atoms with Crippen molar-refractivity contribution in [1.82, 2.24) is 4.98 Å². The summed E-state index contributed by atoms with van der Waals surface area (Å²) in [5, 5.41) is 12.3. The fraction of sp³-hybridized carbons (Fsp3) is 0.0714. The van der Waals surface area contributed by atoms with Gasteiger partial charge in [-0.1, -0.05) is 6.07 Å². The summed E-state index contributed by atoms with van der Waals surface area (Å²) in [5.74, 6) is -1.24. The summed E-state index contributed by atoms with van der Waals surface area (Å²) in [5.41, 5.74) is 0.609. The van der Waals surface area contributed by atoms with E-state index < -0.39 is 11.9 Å². The van der Waals surface area contributed by atoms with Crippen LogP contribution in [0.3, 0.4) is 0 Å². The topological polar surface area (TPSA) is 88.5 Å². The smallest absolute Gasteiger partial charge is 0.337 e. The van der Waals surface area contributed by atoms with Crippen LogP contribution in [-0.4, -0.2) is 29.1 Å². The van der Waals surface area contributed by atoms with E-state index in [2.05, 4.69) is 15.0 Å². The highest BCUT2D eigenvalue weighted by molar-refractivity contribution is 6.04. The number of phenols is 1. The number of esters is 1. The van der Waals surface area contributed by atoms with E-state index in [0.717, 1.165) is 0 Å². The summed E-state index contributed by atoms with van der Waals surface area (Å²) in [6.07, 6.45) is 1.50. The largest absolute Gasteiger partial charge is 0.506 e. The lowest BCUT2D eigenvalue weighted by molar-refractivity contribution is 0.0600. The van der Waals surface area contributed by atoms with Crippen molar-refractivity contribution < 1.29 is 19.4 Å². The van der Waals surface area contributed by atoms with E-state index in [9.17, 15) is 14.7 Å². The standard InChI is InChI=1S/C14H12N2O4/c1-20-14(19)9-5-6-10(12(17)8-9)16-13(18)11-4-2-3-7-15-11/h2-8,17H,1H3,(H,16,18). The number of aromatic hydroxyl groups is 1. The highest BCUT2D eigenvalue weighted by atomic mass is 16.5. The van der Waals surface area contributed by atoms with E-state index in [-0.39, 0.29) is 22.7 Å². The number of amides is 1. The highest BCUT2D eigenvalue weighted by Crippen LogP contribution is 2.25. The van der Waals surface area contributed by atoms with Crippen LogP contribution in [0.2, 0.25) is 0 Å². The van der Waals surface area contributed by atoms with Gasteiger partial charge in [0.15, 0.2) is 0 Å². The normalized spacial score (nSPS) is 9.85. The van der Waals surface area contributed by atoms with Gasteiger partial charge in [-0.15, -0.1) is 0 Å². The van der Waals surface area contributed by atoms with Crippen molar-refractivity contribution in [2.45, 2.75) is 0 Å². The van der Waals surface area contributed by atoms with E-state index in [4.69, 9.17) is 0 Å². The molecule has 1 aromatic carbocycles. The van der Waals surface area contributed by atoms with Gasteiger partial charge >= 0.3 is 5.97 Å². The molecule has 102 valence electrons. The molecular weight excluding hydrogens is 260 g/mol. The lowest BCUT2D eigenvalue weighted by atomic mass is 10.2. The lowest BCUT2D eigenvalue weighted by Gasteiger charge is -2.08. The van der Waals surface area contributed by atoms with Gasteiger partial charge in [0, 0.05) is 6.20 Å². The quantitative estimate of drug-likeness (QED) is 0.657. The number of methoxy groups -OCH3 is 1. The van der Waals surface area contributed by atoms with Gasteiger partial charge in [0.25, 0.3) is 5.91 Å². The second-order valence-electron chi connectivity index (χ2n) is 3.89. The number of aromatic nitrogens is 1. The Kier molecular flexibility index (Phi) is 3.95. The maximum atomic E-state index is 11.9. The van der Waals surface area contributed by atoms with Gasteiger partial charge in [-0.05, 0) is 30.3 Å². The van der Waals surface area contributed by atoms with Crippen molar-refractivity contribution in [2.75, 3.05) is 12.4 Å². The zero-order chi connectivity index (χ0) is 14.5. The molecule has 0 radical (unpaired) electrons. The first-order valence-electron chi connectivity index (χ1n) is 5.75. The Morgan fingerprint density at radius 3 is 2.65 bits per heavy atom. The Morgan fingerprint density at radius 1 is 1.25 bits per heavy atom. The third kappa shape index (κ3) is 2.92. The Labute approximate surface area is 115 Å². The summed E-state index contributed by atoms with van der Waals surface area (Å²) in [6.45, 7) is 0. The number of hydrogen-bond acceptors (Lipinski definition) is 5. The van der Waals surface area contributed by atoms with Crippen molar-refractivity contribution >= 4 is 17.6 Å². The minimum atomic E-state index is -0.567. The predicted molar refractivity (Wildman–Crippen MR) is 71.6 cm³/mol. The molecule has 1 aromatic heterocycles. The molecule has 20 heavy (non-hydrogen) atoms. The van der Waals surface area contributed by atoms with Gasteiger partial charge in [-0.25, -0.2) is 4.79 Å². The van der Waals surface area contributed by atoms with E-state index in [1.54, 1.807) is 18.2 Å². The van der Waals surface area contributed by atoms with Crippen molar-refractivity contribution in [1.29, 1.82) is 0 Å². The van der Waals surface area contributed by atoms with Gasteiger partial charge in [0.1, 0.15) is 11.4 Å². The molecule has 0 spiro atoms. The monoisotopic (exact) mass is 272 g/mol. The molecule has 0 saturated carbocycles. The van der Waals surface area contributed by atoms with E-state index in [1.807, 2.05) is 0 Å². The summed E-state index contributed by atoms with van der Waals surface area (Å²) in [4.78, 5) is 27.1. The van der Waals surface area contributed by atoms with Crippen molar-refractivity contribution in [2.24, 2.45) is 0 Å². The van der Waals surface area contributed by atoms with Crippen molar-refractivity contribution in [3.05, 3.63) is 53.9 Å². The van der Waals surface area contributed by atoms with Crippen molar-refractivity contribution in [3.8, 4) is 5.75 Å². The van der Waals surface area contributed by atoms with Crippen LogP contribution in [-0.2, 0) is 4.74 Å². The number of phenolic OH excluding ortho intramolecular Hbond substituents is 1. The molecule has 0 saturated heterocycles. The van der Waals surface area contributed by atoms with E-state index in [1.165, 1.54) is 31.5 Å². The Balaban J connectivity index is 2.18. The maximum absolute atomic E-state index is 11.9. The average Bonchev–Trinajstić information content (AvgIpc) is 2.49. The summed E-state index contributed by atoms with van der Waals surface area (Å²) in [7, 11) is 1.25. The number of ether oxygens (including phenoxy) is 1. The van der Waals surface area contributed by atoms with Crippen LogP contribution >= 0.6 is 0 Å². The van der Waals surface area contributed by atoms with Crippen molar-refractivity contribution in [3.63, 3.8) is 0 Å². The second kappa shape index (κ2) is 5.83. The number of rotatable bonds is 3. The first-order valence-corrected chi connectivity index (χ1v) is 5.75. The number of benzene rings is 1. The van der Waals surface area contributed by atoms with Gasteiger partial charge in [0.2, 0.25) is 0 Å². The van der Waals surface area contributed by atoms with Crippen LogP contribution in [0.5, 0.6) is 5.75 Å². The molecule has 0 bridgehead atoms. The number of carbonyl (C=O) groups excluding carboxylic acids is 2. The van der Waals surface area contributed by atoms with Gasteiger partial charge in [-0.3, -0.25) is 9.78 Å². The Morgan fingerprint density at radius 2 is 2.05 bits per heavy atom. The van der Waals surface area contributed by atoms with Crippen LogP contribution < -0.4 is 5.32 Å². The average molecular weight is 272 g/mol. The lowest BCUT2D eigenvalue weighted by Crippen LogP contribution is -2.13. The molecule has 6 heteroatoms. The summed E-state index contributed by atoms with van der Waals surface area (Å²) in [6, 6.07) is 9.01. The van der Waals surface area contributed by atoms with Gasteiger partial charge < -0.3 is 15.2 Å². The molecule has 1 amide bonds. The first-order chi connectivity index (χ1) is 9.61. The number of carbonyl (C=O) groups is 2. The minimum absolute atomic E-state index is 0.188. The molecule has 0 aliphatic carbocycles. The molecule has 1 heterocycles.